The smallest absolute Gasteiger partial charge is 0.250 e. The second-order valence-corrected chi connectivity index (χ2v) is 6.69. The maximum atomic E-state index is 11.1. The molecule has 1 unspecified atom stereocenters. The Bertz CT molecular complexity index is 794. The summed E-state index contributed by atoms with van der Waals surface area (Å²) in [6.07, 6.45) is 0. The summed E-state index contributed by atoms with van der Waals surface area (Å²) < 4.78 is 22.2. The summed E-state index contributed by atoms with van der Waals surface area (Å²) in [6, 6.07) is 12.6. The largest absolute Gasteiger partial charge is 0.398 e. The van der Waals surface area contributed by atoms with E-state index in [-0.39, 0.29) is 16.1 Å². The first-order chi connectivity index (χ1) is 11.1. The molecule has 0 aliphatic carbocycles. The lowest BCUT2D eigenvalue weighted by atomic mass is 10.2. The highest BCUT2D eigenvalue weighted by Gasteiger charge is 2.16. The zero-order chi connectivity index (χ0) is 18.9. The minimum Gasteiger partial charge on any atom is -0.398 e. The Morgan fingerprint density at radius 1 is 1.12 bits per heavy atom. The SMILES string of the molecule is C=C.Cc1ccccc1.NC(=O)c1cc(S(N)(=O)=O)c(P)cc1N. The minimum absolute atomic E-state index is 0.0646. The fraction of sp³-hybridized carbons (Fsp3) is 0.0625. The van der Waals surface area contributed by atoms with Gasteiger partial charge in [-0.3, -0.25) is 4.79 Å². The van der Waals surface area contributed by atoms with Crippen molar-refractivity contribution in [2.24, 2.45) is 10.9 Å². The molecule has 0 heterocycles. The standard InChI is InChI=1S/C7H10N3O3PS.C7H8.C2H4/c8-4-2-5(14)6(15(10,12)13)1-3(4)7(9)11;1-7-5-3-2-4-6-7;1-2/h1-2H,8,14H2,(H2,9,11)(H2,10,12,13);2-6H,1H3;1-2H2. The lowest BCUT2D eigenvalue weighted by molar-refractivity contribution is 0.100. The highest BCUT2D eigenvalue weighted by molar-refractivity contribution is 7.89. The van der Waals surface area contributed by atoms with E-state index in [9.17, 15) is 13.2 Å². The van der Waals surface area contributed by atoms with Crippen LogP contribution in [0.15, 0.2) is 60.5 Å². The van der Waals surface area contributed by atoms with Crippen molar-refractivity contribution >= 4 is 36.2 Å². The van der Waals surface area contributed by atoms with Crippen LogP contribution in [0, 0.1) is 6.92 Å². The molecular formula is C16H22N3O3PS. The van der Waals surface area contributed by atoms with Gasteiger partial charge in [-0.25, -0.2) is 13.6 Å². The predicted molar refractivity (Wildman–Crippen MR) is 103 cm³/mol. The number of primary amides is 1. The Balaban J connectivity index is 0.000000488. The molecule has 2 aromatic rings. The third kappa shape index (κ3) is 6.91. The molecule has 1 atom stereocenters. The number of hydrogen-bond donors (Lipinski definition) is 3. The van der Waals surface area contributed by atoms with Crippen LogP contribution in [0.2, 0.25) is 0 Å². The first kappa shape index (κ1) is 21.8. The first-order valence-electron chi connectivity index (χ1n) is 6.66. The quantitative estimate of drug-likeness (QED) is 0.420. The average Bonchev–Trinajstić information content (AvgIpc) is 2.49. The molecule has 0 radical (unpaired) electrons. The fourth-order valence-corrected chi connectivity index (χ4v) is 3.03. The number of aryl methyl sites for hydroxylation is 1. The molecule has 6 N–H and O–H groups in total. The molecule has 0 bridgehead atoms. The van der Waals surface area contributed by atoms with Gasteiger partial charge >= 0.3 is 0 Å². The molecule has 130 valence electrons. The number of amides is 1. The van der Waals surface area contributed by atoms with Crippen molar-refractivity contribution in [3.8, 4) is 0 Å². The van der Waals surface area contributed by atoms with Gasteiger partial charge in [-0.05, 0) is 24.4 Å². The van der Waals surface area contributed by atoms with Gasteiger partial charge < -0.3 is 11.5 Å². The van der Waals surface area contributed by atoms with E-state index in [2.05, 4.69) is 41.5 Å². The van der Waals surface area contributed by atoms with Crippen molar-refractivity contribution in [1.82, 2.24) is 0 Å². The second-order valence-electron chi connectivity index (χ2n) is 4.54. The van der Waals surface area contributed by atoms with Crippen molar-refractivity contribution in [2.75, 3.05) is 5.73 Å². The van der Waals surface area contributed by atoms with Gasteiger partial charge in [0.05, 0.1) is 10.5 Å². The van der Waals surface area contributed by atoms with Crippen LogP contribution < -0.4 is 21.9 Å². The summed E-state index contributed by atoms with van der Waals surface area (Å²) in [5, 5.41) is 5.23. The molecule has 0 aliphatic rings. The van der Waals surface area contributed by atoms with Crippen LogP contribution in [0.4, 0.5) is 5.69 Å². The van der Waals surface area contributed by atoms with E-state index >= 15 is 0 Å². The molecular weight excluding hydrogens is 345 g/mol. The summed E-state index contributed by atoms with van der Waals surface area (Å²) in [5.41, 5.74) is 11.9. The Labute approximate surface area is 145 Å². The van der Waals surface area contributed by atoms with Gasteiger partial charge in [0.1, 0.15) is 0 Å². The van der Waals surface area contributed by atoms with Gasteiger partial charge in [-0.2, -0.15) is 0 Å². The molecule has 1 amide bonds. The maximum absolute atomic E-state index is 11.1. The summed E-state index contributed by atoms with van der Waals surface area (Å²) >= 11 is 0. The van der Waals surface area contributed by atoms with E-state index < -0.39 is 15.9 Å². The highest BCUT2D eigenvalue weighted by atomic mass is 32.2. The van der Waals surface area contributed by atoms with Gasteiger partial charge in [-0.1, -0.05) is 35.9 Å². The zero-order valence-corrected chi connectivity index (χ0v) is 15.4. The second kappa shape index (κ2) is 9.82. The van der Waals surface area contributed by atoms with E-state index in [0.717, 1.165) is 6.07 Å². The number of rotatable bonds is 2. The van der Waals surface area contributed by atoms with Crippen LogP contribution in [0.25, 0.3) is 0 Å². The van der Waals surface area contributed by atoms with Gasteiger partial charge in [-0.15, -0.1) is 22.4 Å². The van der Waals surface area contributed by atoms with E-state index in [1.54, 1.807) is 0 Å². The molecule has 24 heavy (non-hydrogen) atoms. The highest BCUT2D eigenvalue weighted by Crippen LogP contribution is 2.16. The average molecular weight is 367 g/mol. The number of primary sulfonamides is 1. The fourth-order valence-electron chi connectivity index (χ4n) is 1.61. The monoisotopic (exact) mass is 367 g/mol. The lowest BCUT2D eigenvalue weighted by Crippen LogP contribution is -2.22. The number of anilines is 1. The van der Waals surface area contributed by atoms with Gasteiger partial charge in [0.15, 0.2) is 0 Å². The topological polar surface area (TPSA) is 129 Å². The number of carbonyl (C=O) groups excluding carboxylic acids is 1. The summed E-state index contributed by atoms with van der Waals surface area (Å²) in [7, 11) is -1.72. The van der Waals surface area contributed by atoms with Gasteiger partial charge in [0.25, 0.3) is 5.91 Å². The van der Waals surface area contributed by atoms with E-state index in [1.165, 1.54) is 11.6 Å². The lowest BCUT2D eigenvalue weighted by Gasteiger charge is -2.07. The predicted octanol–water partition coefficient (Wildman–Crippen LogP) is 1.31. The van der Waals surface area contributed by atoms with Crippen molar-refractivity contribution in [3.63, 3.8) is 0 Å². The molecule has 2 aromatic carbocycles. The summed E-state index contributed by atoms with van der Waals surface area (Å²) in [4.78, 5) is 10.7. The number of benzene rings is 2. The van der Waals surface area contributed by atoms with Crippen molar-refractivity contribution in [3.05, 3.63) is 66.7 Å². The van der Waals surface area contributed by atoms with Crippen molar-refractivity contribution < 1.29 is 13.2 Å². The molecule has 2 rings (SSSR count). The van der Waals surface area contributed by atoms with Gasteiger partial charge in [0.2, 0.25) is 10.0 Å². The molecule has 0 spiro atoms. The number of hydrogen-bond acceptors (Lipinski definition) is 4. The number of nitrogen functional groups attached to an aromatic ring is 1. The van der Waals surface area contributed by atoms with E-state index in [0.29, 0.717) is 5.30 Å². The maximum Gasteiger partial charge on any atom is 0.250 e. The zero-order valence-electron chi connectivity index (χ0n) is 13.4. The van der Waals surface area contributed by atoms with Crippen LogP contribution >= 0.6 is 9.24 Å². The number of carbonyl (C=O) groups is 1. The summed E-state index contributed by atoms with van der Waals surface area (Å²) in [5.74, 6) is -0.803. The van der Waals surface area contributed by atoms with E-state index in [4.69, 9.17) is 16.6 Å². The number of sulfonamides is 1. The Hall–Kier alpha value is -2.21. The third-order valence-electron chi connectivity index (χ3n) is 2.69. The minimum atomic E-state index is -3.89. The number of nitrogens with two attached hydrogens (primary N) is 3. The third-order valence-corrected chi connectivity index (χ3v) is 4.35. The summed E-state index contributed by atoms with van der Waals surface area (Å²) in [6.45, 7) is 8.08. The molecule has 8 heteroatoms. The molecule has 0 saturated heterocycles. The Morgan fingerprint density at radius 3 is 1.96 bits per heavy atom. The Kier molecular flexibility index (Phi) is 8.92. The van der Waals surface area contributed by atoms with Crippen LogP contribution in [-0.4, -0.2) is 14.3 Å². The van der Waals surface area contributed by atoms with Crippen LogP contribution in [0.5, 0.6) is 0 Å². The van der Waals surface area contributed by atoms with Crippen LogP contribution in [0.3, 0.4) is 0 Å². The molecule has 6 nitrogen and oxygen atoms in total. The van der Waals surface area contributed by atoms with Crippen LogP contribution in [0.1, 0.15) is 15.9 Å². The molecule has 0 fully saturated rings. The van der Waals surface area contributed by atoms with E-state index in [1.807, 2.05) is 18.2 Å². The molecule has 0 aromatic heterocycles. The molecule has 0 aliphatic heterocycles. The van der Waals surface area contributed by atoms with Crippen molar-refractivity contribution in [2.45, 2.75) is 11.8 Å². The van der Waals surface area contributed by atoms with Crippen molar-refractivity contribution in [1.29, 1.82) is 0 Å². The van der Waals surface area contributed by atoms with Crippen LogP contribution in [-0.2, 0) is 10.0 Å². The normalized spacial score (nSPS) is 9.79. The van der Waals surface area contributed by atoms with Gasteiger partial charge in [0, 0.05) is 5.69 Å². The Morgan fingerprint density at radius 2 is 1.62 bits per heavy atom. The molecule has 0 saturated carbocycles. The first-order valence-corrected chi connectivity index (χ1v) is 8.78.